The Morgan fingerprint density at radius 2 is 1.33 bits per heavy atom. The van der Waals surface area contributed by atoms with E-state index >= 15 is 0 Å². The molecule has 70 valence electrons. The molecule has 0 fully saturated rings. The molecular weight excluding hydrogens is 383 g/mol. The van der Waals surface area contributed by atoms with E-state index in [0.717, 1.165) is 13.2 Å². The van der Waals surface area contributed by atoms with Crippen molar-refractivity contribution in [3.05, 3.63) is 20.4 Å². The van der Waals surface area contributed by atoms with Crippen LogP contribution in [0.3, 0.4) is 0 Å². The van der Waals surface area contributed by atoms with Gasteiger partial charge in [-0.25, -0.2) is 0 Å². The Kier molecular flexibility index (Phi) is 13.0. The molecule has 4 heteroatoms. The fourth-order valence-corrected chi connectivity index (χ4v) is 7.14. The van der Waals surface area contributed by atoms with Crippen molar-refractivity contribution < 1.29 is 9.47 Å². The van der Waals surface area contributed by atoms with E-state index in [1.807, 2.05) is 0 Å². The fourth-order valence-electron chi connectivity index (χ4n) is 0.414. The summed E-state index contributed by atoms with van der Waals surface area (Å²) in [6.45, 7) is 1.53. The molecule has 0 rings (SSSR count). The van der Waals surface area contributed by atoms with Gasteiger partial charge in [0.25, 0.3) is 0 Å². The van der Waals surface area contributed by atoms with E-state index in [-0.39, 0.29) is 34.1 Å². The van der Waals surface area contributed by atoms with E-state index in [0.29, 0.717) is 0 Å². The molecule has 0 aliphatic rings. The van der Waals surface area contributed by atoms with Crippen LogP contribution in [0.25, 0.3) is 0 Å². The molecule has 0 aromatic heterocycles. The normalized spacial score (nSPS) is 11.8. The first-order chi connectivity index (χ1) is 5.91. The summed E-state index contributed by atoms with van der Waals surface area (Å²) in [4.78, 5) is 0. The second-order valence-corrected chi connectivity index (χ2v) is 11.9. The molecule has 0 amide bonds. The second-order valence-electron chi connectivity index (χ2n) is 1.85. The summed E-state index contributed by atoms with van der Waals surface area (Å²) >= 11 is 0.323. The number of hydrogen-bond donors (Lipinski definition) is 0. The summed E-state index contributed by atoms with van der Waals surface area (Å²) in [6, 6.07) is 0. The molecule has 0 aromatic carbocycles. The van der Waals surface area contributed by atoms with Crippen molar-refractivity contribution >= 4 is 34.1 Å². The van der Waals surface area contributed by atoms with Crippen molar-refractivity contribution in [1.82, 2.24) is 0 Å². The van der Waals surface area contributed by atoms with Crippen LogP contribution in [0, 0.1) is 0 Å². The van der Waals surface area contributed by atoms with Crippen molar-refractivity contribution in [3.8, 4) is 0 Å². The SMILES string of the molecule is COC/C=C/[Te][Te]/C=C/COC. The standard InChI is InChI=1S/C8H14O2Te2/c1-9-5-3-7-11-12-8-4-6-10-2/h3-4,7-8H,5-6H2,1-2H3/b7-3+,8-4+. The third-order valence-corrected chi connectivity index (χ3v) is 9.32. The van der Waals surface area contributed by atoms with Crippen molar-refractivity contribution in [2.75, 3.05) is 27.4 Å². The maximum absolute atomic E-state index is 4.90. The van der Waals surface area contributed by atoms with Crippen molar-refractivity contribution in [2.45, 2.75) is 0 Å². The molecule has 12 heavy (non-hydrogen) atoms. The fraction of sp³-hybridized carbons (Fsp3) is 0.500. The summed E-state index contributed by atoms with van der Waals surface area (Å²) in [5.41, 5.74) is 0. The van der Waals surface area contributed by atoms with Crippen molar-refractivity contribution in [3.63, 3.8) is 0 Å². The van der Waals surface area contributed by atoms with Gasteiger partial charge in [-0.15, -0.1) is 0 Å². The van der Waals surface area contributed by atoms with Crippen LogP contribution in [0.15, 0.2) is 20.4 Å². The van der Waals surface area contributed by atoms with Gasteiger partial charge in [-0.3, -0.25) is 0 Å². The zero-order chi connectivity index (χ0) is 9.07. The van der Waals surface area contributed by atoms with Crippen LogP contribution in [-0.2, 0) is 9.47 Å². The van der Waals surface area contributed by atoms with Gasteiger partial charge in [0.15, 0.2) is 0 Å². The van der Waals surface area contributed by atoms with E-state index in [1.165, 1.54) is 0 Å². The summed E-state index contributed by atoms with van der Waals surface area (Å²) in [5.74, 6) is 0. The van der Waals surface area contributed by atoms with Crippen molar-refractivity contribution in [2.24, 2.45) is 0 Å². The first kappa shape index (κ1) is 13.0. The van der Waals surface area contributed by atoms with Crippen LogP contribution in [0.5, 0.6) is 0 Å². The number of ether oxygens (including phenoxy) is 2. The summed E-state index contributed by atoms with van der Waals surface area (Å²) in [5, 5.41) is 0. The maximum atomic E-state index is 4.90. The molecule has 0 N–H and O–H groups in total. The zero-order valence-electron chi connectivity index (χ0n) is 7.36. The van der Waals surface area contributed by atoms with Gasteiger partial charge in [0, 0.05) is 0 Å². The molecule has 0 aliphatic carbocycles. The molecule has 0 heterocycles. The zero-order valence-corrected chi connectivity index (χ0v) is 12.0. The summed E-state index contributed by atoms with van der Waals surface area (Å²) in [6.07, 6.45) is 4.24. The van der Waals surface area contributed by atoms with Gasteiger partial charge in [0.1, 0.15) is 0 Å². The first-order valence-electron chi connectivity index (χ1n) is 3.52. The van der Waals surface area contributed by atoms with Gasteiger partial charge in [-0.05, 0) is 0 Å². The average Bonchev–Trinajstić information content (AvgIpc) is 2.10. The molecule has 0 spiro atoms. The van der Waals surface area contributed by atoms with Crippen LogP contribution < -0.4 is 0 Å². The van der Waals surface area contributed by atoms with E-state index in [1.54, 1.807) is 14.2 Å². The van der Waals surface area contributed by atoms with Crippen LogP contribution in [0.2, 0.25) is 0 Å². The molecule has 0 saturated heterocycles. The van der Waals surface area contributed by atoms with Gasteiger partial charge in [0.05, 0.1) is 0 Å². The molecule has 0 aliphatic heterocycles. The minimum absolute atomic E-state index is 0.161. The average molecular weight is 397 g/mol. The Bertz CT molecular complexity index is 119. The minimum atomic E-state index is 0.161. The molecular formula is C8H14O2Te2. The molecule has 0 bridgehead atoms. The van der Waals surface area contributed by atoms with E-state index in [4.69, 9.17) is 9.47 Å². The second kappa shape index (κ2) is 12.0. The van der Waals surface area contributed by atoms with Crippen LogP contribution >= 0.6 is 0 Å². The predicted molar refractivity (Wildman–Crippen MR) is 53.5 cm³/mol. The number of methoxy groups -OCH3 is 2. The molecule has 0 atom stereocenters. The van der Waals surface area contributed by atoms with Crippen LogP contribution in [0.4, 0.5) is 0 Å². The van der Waals surface area contributed by atoms with Crippen LogP contribution in [0.1, 0.15) is 0 Å². The quantitative estimate of drug-likeness (QED) is 0.464. The summed E-state index contributed by atoms with van der Waals surface area (Å²) in [7, 11) is 3.44. The number of hydrogen-bond acceptors (Lipinski definition) is 2. The third-order valence-electron chi connectivity index (χ3n) is 0.885. The predicted octanol–water partition coefficient (Wildman–Crippen LogP) is 0.630. The Balaban J connectivity index is 3.09. The molecule has 0 radical (unpaired) electrons. The first-order valence-corrected chi connectivity index (χ1v) is 13.5. The topological polar surface area (TPSA) is 18.5 Å². The van der Waals surface area contributed by atoms with Gasteiger partial charge in [0.2, 0.25) is 0 Å². The van der Waals surface area contributed by atoms with E-state index in [9.17, 15) is 0 Å². The summed E-state index contributed by atoms with van der Waals surface area (Å²) < 4.78 is 14.4. The molecule has 0 unspecified atom stereocenters. The van der Waals surface area contributed by atoms with Gasteiger partial charge in [-0.1, -0.05) is 0 Å². The molecule has 0 saturated carbocycles. The Hall–Kier alpha value is 0.979. The van der Waals surface area contributed by atoms with Gasteiger partial charge < -0.3 is 0 Å². The van der Waals surface area contributed by atoms with Crippen molar-refractivity contribution in [1.29, 1.82) is 0 Å². The Labute approximate surface area is 90.7 Å². The van der Waals surface area contributed by atoms with E-state index < -0.39 is 0 Å². The molecule has 0 aromatic rings. The Morgan fingerprint density at radius 1 is 0.917 bits per heavy atom. The monoisotopic (exact) mass is 402 g/mol. The van der Waals surface area contributed by atoms with Gasteiger partial charge >= 0.3 is 91.4 Å². The van der Waals surface area contributed by atoms with Crippen LogP contribution in [-0.4, -0.2) is 61.5 Å². The number of rotatable bonds is 7. The van der Waals surface area contributed by atoms with E-state index in [2.05, 4.69) is 20.4 Å². The Morgan fingerprint density at radius 3 is 1.67 bits per heavy atom. The van der Waals surface area contributed by atoms with Gasteiger partial charge in [-0.2, -0.15) is 0 Å². The molecule has 2 nitrogen and oxygen atoms in total. The third kappa shape index (κ3) is 11.0.